The van der Waals surface area contributed by atoms with Gasteiger partial charge in [-0.3, -0.25) is 14.6 Å². The Morgan fingerprint density at radius 2 is 2.06 bits per heavy atom. The van der Waals surface area contributed by atoms with Crippen LogP contribution >= 0.6 is 0 Å². The summed E-state index contributed by atoms with van der Waals surface area (Å²) in [5.74, 6) is -0.945. The Balaban J connectivity index is 1.30. The van der Waals surface area contributed by atoms with E-state index in [1.165, 1.54) is 11.1 Å². The zero-order valence-corrected chi connectivity index (χ0v) is 17.9. The van der Waals surface area contributed by atoms with E-state index >= 15 is 0 Å². The molecule has 0 N–H and O–H groups in total. The van der Waals surface area contributed by atoms with Crippen LogP contribution in [0.15, 0.2) is 60.8 Å². The number of carbonyl (C=O) groups excluding carboxylic acids is 2. The van der Waals surface area contributed by atoms with Crippen molar-refractivity contribution in [1.82, 2.24) is 14.8 Å². The van der Waals surface area contributed by atoms with Gasteiger partial charge in [-0.25, -0.2) is 0 Å². The molecule has 3 aliphatic rings. The highest BCUT2D eigenvalue weighted by Crippen LogP contribution is 2.52. The van der Waals surface area contributed by atoms with Crippen LogP contribution in [0, 0.1) is 18.8 Å². The van der Waals surface area contributed by atoms with E-state index in [2.05, 4.69) is 36.2 Å². The average Bonchev–Trinajstić information content (AvgIpc) is 3.41. The van der Waals surface area contributed by atoms with Crippen molar-refractivity contribution in [3.8, 4) is 0 Å². The second-order valence-electron chi connectivity index (χ2n) is 8.91. The maximum atomic E-state index is 13.4. The smallest absolute Gasteiger partial charge is 0.230 e. The summed E-state index contributed by atoms with van der Waals surface area (Å²) in [5, 5.41) is 0. The molecule has 0 unspecified atom stereocenters. The molecule has 1 aromatic carbocycles. The molecule has 4 heterocycles. The largest absolute Gasteiger partial charge is 0.360 e. The van der Waals surface area contributed by atoms with Gasteiger partial charge in [0.05, 0.1) is 36.7 Å². The summed E-state index contributed by atoms with van der Waals surface area (Å²) >= 11 is 0. The van der Waals surface area contributed by atoms with Crippen molar-refractivity contribution in [3.63, 3.8) is 0 Å². The van der Waals surface area contributed by atoms with E-state index in [9.17, 15) is 9.59 Å². The molecule has 0 saturated carbocycles. The first-order valence-corrected chi connectivity index (χ1v) is 10.8. The number of benzene rings is 1. The molecule has 3 aliphatic heterocycles. The monoisotopic (exact) mass is 417 g/mol. The molecule has 2 saturated heterocycles. The molecule has 31 heavy (non-hydrogen) atoms. The van der Waals surface area contributed by atoms with E-state index in [4.69, 9.17) is 4.74 Å². The number of likely N-dealkylation sites (tertiary alicyclic amines) is 1. The lowest BCUT2D eigenvalue weighted by atomic mass is 9.76. The molecule has 6 nitrogen and oxygen atoms in total. The first-order chi connectivity index (χ1) is 15.0. The van der Waals surface area contributed by atoms with Gasteiger partial charge in [0.2, 0.25) is 11.8 Å². The summed E-state index contributed by atoms with van der Waals surface area (Å²) in [6.07, 6.45) is 6.16. The maximum Gasteiger partial charge on any atom is 0.230 e. The minimum Gasteiger partial charge on any atom is -0.360 e. The number of carbonyl (C=O) groups is 2. The molecule has 2 aromatic rings. The molecule has 6 heteroatoms. The molecule has 2 amide bonds. The Labute approximate surface area is 182 Å². The number of rotatable bonds is 6. The number of hydrogen-bond donors (Lipinski definition) is 0. The topological polar surface area (TPSA) is 62.7 Å². The van der Waals surface area contributed by atoms with Gasteiger partial charge in [0.1, 0.15) is 5.60 Å². The van der Waals surface area contributed by atoms with Crippen molar-refractivity contribution in [2.45, 2.75) is 31.6 Å². The molecular weight excluding hydrogens is 390 g/mol. The molecule has 4 atom stereocenters. The van der Waals surface area contributed by atoms with Gasteiger partial charge in [0, 0.05) is 19.8 Å². The second-order valence-corrected chi connectivity index (χ2v) is 8.91. The van der Waals surface area contributed by atoms with E-state index in [1.807, 2.05) is 35.3 Å². The van der Waals surface area contributed by atoms with Crippen LogP contribution < -0.4 is 0 Å². The summed E-state index contributed by atoms with van der Waals surface area (Å²) in [6.45, 7) is 3.63. The number of aromatic nitrogens is 1. The van der Waals surface area contributed by atoms with E-state index in [0.29, 0.717) is 19.6 Å². The van der Waals surface area contributed by atoms with Gasteiger partial charge in [-0.1, -0.05) is 48.0 Å². The van der Waals surface area contributed by atoms with Crippen molar-refractivity contribution in [2.24, 2.45) is 11.8 Å². The Kier molecular flexibility index (Phi) is 4.89. The minimum absolute atomic E-state index is 0.0311. The zero-order valence-electron chi connectivity index (χ0n) is 17.9. The average molecular weight is 418 g/mol. The number of pyridine rings is 1. The summed E-state index contributed by atoms with van der Waals surface area (Å²) in [6, 6.07) is 14.1. The Morgan fingerprint density at radius 1 is 1.26 bits per heavy atom. The normalized spacial score (nSPS) is 28.3. The lowest BCUT2D eigenvalue weighted by Crippen LogP contribution is -2.44. The maximum absolute atomic E-state index is 13.4. The zero-order chi connectivity index (χ0) is 21.6. The third-order valence-electron chi connectivity index (χ3n) is 6.76. The fourth-order valence-corrected chi connectivity index (χ4v) is 5.14. The van der Waals surface area contributed by atoms with Crippen LogP contribution in [0.1, 0.15) is 16.8 Å². The van der Waals surface area contributed by atoms with Gasteiger partial charge in [0.25, 0.3) is 0 Å². The highest BCUT2D eigenvalue weighted by molar-refractivity contribution is 5.93. The van der Waals surface area contributed by atoms with E-state index in [-0.39, 0.29) is 17.9 Å². The number of fused-ring (bicyclic) bond motifs is 1. The first kappa shape index (κ1) is 19.9. The van der Waals surface area contributed by atoms with Crippen molar-refractivity contribution in [2.75, 3.05) is 20.1 Å². The van der Waals surface area contributed by atoms with E-state index in [1.54, 1.807) is 18.1 Å². The molecular formula is C25H27N3O3. The fourth-order valence-electron chi connectivity index (χ4n) is 5.14. The SMILES string of the molecule is Cc1ccc(CCN2C[C@]34C=C[C@H](O3)[C@H](C(=O)N(C)Cc3ccccn3)[C@@H]4C2=O)cc1. The summed E-state index contributed by atoms with van der Waals surface area (Å²) in [7, 11) is 1.77. The van der Waals surface area contributed by atoms with Crippen molar-refractivity contribution in [1.29, 1.82) is 0 Å². The van der Waals surface area contributed by atoms with Gasteiger partial charge in [-0.05, 0) is 31.0 Å². The molecule has 0 radical (unpaired) electrons. The molecule has 0 aliphatic carbocycles. The second kappa shape index (κ2) is 7.61. The number of aryl methyl sites for hydroxylation is 1. The summed E-state index contributed by atoms with van der Waals surface area (Å²) in [5.41, 5.74) is 2.59. The molecule has 2 fully saturated rings. The van der Waals surface area contributed by atoms with Crippen molar-refractivity contribution >= 4 is 11.8 Å². The minimum atomic E-state index is -0.665. The van der Waals surface area contributed by atoms with Crippen LogP contribution in [-0.4, -0.2) is 58.4 Å². The highest BCUT2D eigenvalue weighted by atomic mass is 16.5. The van der Waals surface area contributed by atoms with Crippen LogP contribution in [0.3, 0.4) is 0 Å². The van der Waals surface area contributed by atoms with Gasteiger partial charge in [-0.2, -0.15) is 0 Å². The summed E-state index contributed by atoms with van der Waals surface area (Å²) < 4.78 is 6.25. The van der Waals surface area contributed by atoms with Crippen LogP contribution in [0.4, 0.5) is 0 Å². The van der Waals surface area contributed by atoms with Crippen molar-refractivity contribution in [3.05, 3.63) is 77.6 Å². The highest BCUT2D eigenvalue weighted by Gasteiger charge is 2.66. The lowest BCUT2D eigenvalue weighted by Gasteiger charge is -2.27. The predicted molar refractivity (Wildman–Crippen MR) is 116 cm³/mol. The van der Waals surface area contributed by atoms with Crippen LogP contribution in [-0.2, 0) is 27.3 Å². The van der Waals surface area contributed by atoms with Crippen LogP contribution in [0.5, 0.6) is 0 Å². The quantitative estimate of drug-likeness (QED) is 0.677. The van der Waals surface area contributed by atoms with Crippen LogP contribution in [0.2, 0.25) is 0 Å². The summed E-state index contributed by atoms with van der Waals surface area (Å²) in [4.78, 5) is 34.6. The third kappa shape index (κ3) is 3.45. The third-order valence-corrected chi connectivity index (χ3v) is 6.76. The van der Waals surface area contributed by atoms with Gasteiger partial charge in [0.15, 0.2) is 0 Å². The first-order valence-electron chi connectivity index (χ1n) is 10.8. The molecule has 5 rings (SSSR count). The molecule has 1 spiro atoms. The predicted octanol–water partition coefficient (Wildman–Crippen LogP) is 2.37. The number of ether oxygens (including phenoxy) is 1. The number of nitrogens with zero attached hydrogens (tertiary/aromatic N) is 3. The molecule has 2 bridgehead atoms. The fraction of sp³-hybridized carbons (Fsp3) is 0.400. The van der Waals surface area contributed by atoms with Gasteiger partial charge in [-0.15, -0.1) is 0 Å². The Bertz CT molecular complexity index is 1020. The number of amides is 2. The Hall–Kier alpha value is -2.99. The standard InChI is InChI=1S/C25H27N3O3/c1-17-6-8-18(9-7-17)11-14-28-16-25-12-10-20(31-25)21(22(25)24(28)30)23(29)27(2)15-19-5-3-4-13-26-19/h3-10,12-13,20-22H,11,14-16H2,1-2H3/t20-,21-,22+,25-/m0/s1. The lowest BCUT2D eigenvalue weighted by molar-refractivity contribution is -0.142. The molecule has 160 valence electrons. The van der Waals surface area contributed by atoms with E-state index < -0.39 is 17.4 Å². The van der Waals surface area contributed by atoms with Crippen molar-refractivity contribution < 1.29 is 14.3 Å². The van der Waals surface area contributed by atoms with Gasteiger partial charge >= 0.3 is 0 Å². The number of hydrogen-bond acceptors (Lipinski definition) is 4. The van der Waals surface area contributed by atoms with Crippen LogP contribution in [0.25, 0.3) is 0 Å². The van der Waals surface area contributed by atoms with Gasteiger partial charge < -0.3 is 14.5 Å². The Morgan fingerprint density at radius 3 is 2.81 bits per heavy atom. The molecule has 1 aromatic heterocycles. The van der Waals surface area contributed by atoms with E-state index in [0.717, 1.165) is 12.1 Å².